The minimum absolute atomic E-state index is 0.00393. The van der Waals surface area contributed by atoms with Crippen LogP contribution in [-0.4, -0.2) is 26.1 Å². The van der Waals surface area contributed by atoms with Gasteiger partial charge in [0.05, 0.1) is 12.5 Å². The number of carbonyl (C=O) groups excluding carboxylic acids is 1. The van der Waals surface area contributed by atoms with Crippen molar-refractivity contribution in [2.45, 2.75) is 12.8 Å². The van der Waals surface area contributed by atoms with Gasteiger partial charge in [0.15, 0.2) is 0 Å². The Morgan fingerprint density at radius 3 is 3.12 bits per heavy atom. The van der Waals surface area contributed by atoms with Crippen molar-refractivity contribution in [3.05, 3.63) is 29.3 Å². The van der Waals surface area contributed by atoms with E-state index >= 15 is 0 Å². The zero-order valence-corrected chi connectivity index (χ0v) is 10.0. The summed E-state index contributed by atoms with van der Waals surface area (Å²) in [6.07, 6.45) is 1.64. The molecule has 1 unspecified atom stereocenters. The van der Waals surface area contributed by atoms with E-state index in [1.54, 1.807) is 7.05 Å². The smallest absolute Gasteiger partial charge is 0.224 e. The summed E-state index contributed by atoms with van der Waals surface area (Å²) < 4.78 is 5.45. The molecule has 92 valence electrons. The summed E-state index contributed by atoms with van der Waals surface area (Å²) in [4.78, 5) is 11.6. The maximum Gasteiger partial charge on any atom is 0.224 e. The van der Waals surface area contributed by atoms with Gasteiger partial charge in [-0.3, -0.25) is 4.79 Å². The molecule has 0 aliphatic carbocycles. The summed E-state index contributed by atoms with van der Waals surface area (Å²) >= 11 is 0. The van der Waals surface area contributed by atoms with E-state index in [-0.39, 0.29) is 11.8 Å². The first kappa shape index (κ1) is 11.9. The molecular weight excluding hydrogens is 216 g/mol. The van der Waals surface area contributed by atoms with E-state index in [1.165, 1.54) is 5.56 Å². The van der Waals surface area contributed by atoms with Gasteiger partial charge >= 0.3 is 0 Å². The molecule has 1 aliphatic rings. The molecule has 1 aromatic carbocycles. The highest BCUT2D eigenvalue weighted by molar-refractivity contribution is 5.78. The highest BCUT2D eigenvalue weighted by Gasteiger charge is 2.18. The van der Waals surface area contributed by atoms with Crippen molar-refractivity contribution in [1.29, 1.82) is 0 Å². The van der Waals surface area contributed by atoms with Crippen molar-refractivity contribution in [2.75, 3.05) is 20.2 Å². The molecular formula is C13H18N2O2. The second-order valence-electron chi connectivity index (χ2n) is 4.29. The van der Waals surface area contributed by atoms with Gasteiger partial charge in [0.25, 0.3) is 0 Å². The van der Waals surface area contributed by atoms with E-state index in [9.17, 15) is 4.79 Å². The predicted octanol–water partition coefficient (Wildman–Crippen LogP) is 0.485. The van der Waals surface area contributed by atoms with Crippen molar-refractivity contribution in [2.24, 2.45) is 11.7 Å². The lowest BCUT2D eigenvalue weighted by molar-refractivity contribution is -0.124. The van der Waals surface area contributed by atoms with Crippen LogP contribution in [-0.2, 0) is 17.6 Å². The molecule has 1 atom stereocenters. The van der Waals surface area contributed by atoms with E-state index in [0.717, 1.165) is 24.3 Å². The van der Waals surface area contributed by atoms with E-state index in [4.69, 9.17) is 10.5 Å². The fourth-order valence-electron chi connectivity index (χ4n) is 2.14. The molecule has 4 heteroatoms. The molecule has 2 rings (SSSR count). The second-order valence-corrected chi connectivity index (χ2v) is 4.29. The zero-order valence-electron chi connectivity index (χ0n) is 10.0. The highest BCUT2D eigenvalue weighted by Crippen LogP contribution is 2.26. The van der Waals surface area contributed by atoms with Gasteiger partial charge in [0.1, 0.15) is 5.75 Å². The van der Waals surface area contributed by atoms with Gasteiger partial charge in [0.2, 0.25) is 5.91 Å². The lowest BCUT2D eigenvalue weighted by Crippen LogP contribution is -2.34. The fourth-order valence-corrected chi connectivity index (χ4v) is 2.14. The van der Waals surface area contributed by atoms with Crippen molar-refractivity contribution >= 4 is 5.91 Å². The van der Waals surface area contributed by atoms with Crippen LogP contribution in [0.3, 0.4) is 0 Å². The number of ether oxygens (including phenoxy) is 1. The van der Waals surface area contributed by atoms with Gasteiger partial charge in [0, 0.05) is 20.0 Å². The van der Waals surface area contributed by atoms with Crippen LogP contribution in [0.25, 0.3) is 0 Å². The quantitative estimate of drug-likeness (QED) is 0.796. The Balaban J connectivity index is 2.10. The van der Waals surface area contributed by atoms with Crippen LogP contribution < -0.4 is 15.8 Å². The Morgan fingerprint density at radius 2 is 2.41 bits per heavy atom. The van der Waals surface area contributed by atoms with Crippen LogP contribution in [0, 0.1) is 5.92 Å². The van der Waals surface area contributed by atoms with Crippen LogP contribution in [0.1, 0.15) is 11.1 Å². The average Bonchev–Trinajstić information content (AvgIpc) is 2.82. The Bertz CT molecular complexity index is 418. The first-order valence-electron chi connectivity index (χ1n) is 5.91. The third-order valence-corrected chi connectivity index (χ3v) is 3.14. The summed E-state index contributed by atoms with van der Waals surface area (Å²) in [5.74, 6) is 0.822. The fraction of sp³-hybridized carbons (Fsp3) is 0.462. The van der Waals surface area contributed by atoms with Gasteiger partial charge < -0.3 is 15.8 Å². The number of hydrogen-bond donors (Lipinski definition) is 2. The topological polar surface area (TPSA) is 64.4 Å². The normalized spacial score (nSPS) is 14.9. The molecule has 1 aromatic rings. The molecule has 1 aliphatic heterocycles. The number of amides is 1. The first-order valence-corrected chi connectivity index (χ1v) is 5.91. The maximum absolute atomic E-state index is 11.6. The average molecular weight is 234 g/mol. The molecule has 0 fully saturated rings. The minimum atomic E-state index is -0.152. The molecule has 17 heavy (non-hydrogen) atoms. The molecule has 0 spiro atoms. The third-order valence-electron chi connectivity index (χ3n) is 3.14. The zero-order chi connectivity index (χ0) is 12.3. The van der Waals surface area contributed by atoms with Crippen molar-refractivity contribution in [1.82, 2.24) is 5.32 Å². The van der Waals surface area contributed by atoms with E-state index in [2.05, 4.69) is 11.4 Å². The van der Waals surface area contributed by atoms with Gasteiger partial charge in [-0.1, -0.05) is 12.1 Å². The third kappa shape index (κ3) is 2.58. The summed E-state index contributed by atoms with van der Waals surface area (Å²) in [5.41, 5.74) is 8.00. The Hall–Kier alpha value is -1.55. The number of hydrogen-bond acceptors (Lipinski definition) is 3. The van der Waals surface area contributed by atoms with E-state index < -0.39 is 0 Å². The molecule has 1 amide bonds. The number of nitrogens with two attached hydrogens (primary N) is 1. The van der Waals surface area contributed by atoms with Crippen LogP contribution in [0.2, 0.25) is 0 Å². The van der Waals surface area contributed by atoms with Gasteiger partial charge in [-0.25, -0.2) is 0 Å². The molecule has 3 N–H and O–H groups in total. The Morgan fingerprint density at radius 1 is 1.59 bits per heavy atom. The SMILES string of the molecule is CNC(=O)C(CN)Cc1ccc2c(c1)CCO2. The number of nitrogens with one attached hydrogen (secondary N) is 1. The lowest BCUT2D eigenvalue weighted by Gasteiger charge is -2.13. The number of fused-ring (bicyclic) bond motifs is 1. The standard InChI is InChI=1S/C13H18N2O2/c1-15-13(16)11(8-14)7-9-2-3-12-10(6-9)4-5-17-12/h2-3,6,11H,4-5,7-8,14H2,1H3,(H,15,16). The van der Waals surface area contributed by atoms with Crippen molar-refractivity contribution in [3.8, 4) is 5.75 Å². The van der Waals surface area contributed by atoms with Gasteiger partial charge in [-0.05, 0) is 23.6 Å². The monoisotopic (exact) mass is 234 g/mol. The highest BCUT2D eigenvalue weighted by atomic mass is 16.5. The molecule has 0 radical (unpaired) electrons. The molecule has 1 heterocycles. The molecule has 0 bridgehead atoms. The summed E-state index contributed by atoms with van der Waals surface area (Å²) in [6, 6.07) is 6.11. The predicted molar refractivity (Wildman–Crippen MR) is 66.0 cm³/mol. The molecule has 0 saturated carbocycles. The number of rotatable bonds is 4. The van der Waals surface area contributed by atoms with E-state index in [0.29, 0.717) is 13.0 Å². The minimum Gasteiger partial charge on any atom is -0.493 e. The van der Waals surface area contributed by atoms with Gasteiger partial charge in [-0.15, -0.1) is 0 Å². The summed E-state index contributed by atoms with van der Waals surface area (Å²) in [5, 5.41) is 2.64. The second kappa shape index (κ2) is 5.19. The first-order chi connectivity index (χ1) is 8.24. The van der Waals surface area contributed by atoms with Crippen LogP contribution in [0.15, 0.2) is 18.2 Å². The van der Waals surface area contributed by atoms with Crippen LogP contribution in [0.5, 0.6) is 5.75 Å². The Kier molecular flexibility index (Phi) is 3.64. The summed E-state index contributed by atoms with van der Waals surface area (Å²) in [7, 11) is 1.64. The largest absolute Gasteiger partial charge is 0.493 e. The lowest BCUT2D eigenvalue weighted by atomic mass is 9.97. The van der Waals surface area contributed by atoms with Crippen molar-refractivity contribution in [3.63, 3.8) is 0 Å². The summed E-state index contributed by atoms with van der Waals surface area (Å²) in [6.45, 7) is 1.13. The van der Waals surface area contributed by atoms with Crippen LogP contribution >= 0.6 is 0 Å². The van der Waals surface area contributed by atoms with Crippen LogP contribution in [0.4, 0.5) is 0 Å². The maximum atomic E-state index is 11.6. The number of carbonyl (C=O) groups is 1. The number of benzene rings is 1. The van der Waals surface area contributed by atoms with E-state index in [1.807, 2.05) is 12.1 Å². The molecule has 0 aromatic heterocycles. The van der Waals surface area contributed by atoms with Gasteiger partial charge in [-0.2, -0.15) is 0 Å². The van der Waals surface area contributed by atoms with Crippen molar-refractivity contribution < 1.29 is 9.53 Å². The molecule has 4 nitrogen and oxygen atoms in total. The Labute approximate surface area is 101 Å². The molecule has 0 saturated heterocycles.